The smallest absolute Gasteiger partial charge is 0.272 e. The molecule has 1 aliphatic heterocycles. The SMILES string of the molecule is COCCCNc1cc(C(=O)N2CCC(C)CC2)nc(C)n1. The van der Waals surface area contributed by atoms with Gasteiger partial charge in [-0.25, -0.2) is 9.97 Å². The average molecular weight is 306 g/mol. The number of anilines is 1. The molecule has 1 fully saturated rings. The summed E-state index contributed by atoms with van der Waals surface area (Å²) in [4.78, 5) is 23.1. The molecule has 1 aromatic heterocycles. The second kappa shape index (κ2) is 8.08. The molecule has 2 rings (SSSR count). The number of aromatic nitrogens is 2. The number of rotatable bonds is 6. The van der Waals surface area contributed by atoms with Gasteiger partial charge in [0.25, 0.3) is 5.91 Å². The van der Waals surface area contributed by atoms with Crippen LogP contribution in [0.3, 0.4) is 0 Å². The van der Waals surface area contributed by atoms with Crippen LogP contribution in [0.25, 0.3) is 0 Å². The van der Waals surface area contributed by atoms with Crippen LogP contribution in [0.5, 0.6) is 0 Å². The number of likely N-dealkylation sites (tertiary alicyclic amines) is 1. The second-order valence-electron chi connectivity index (χ2n) is 5.93. The summed E-state index contributed by atoms with van der Waals surface area (Å²) in [6, 6.07) is 1.75. The third-order valence-corrected chi connectivity index (χ3v) is 3.96. The fourth-order valence-electron chi connectivity index (χ4n) is 2.57. The van der Waals surface area contributed by atoms with Gasteiger partial charge in [-0.3, -0.25) is 4.79 Å². The van der Waals surface area contributed by atoms with Crippen LogP contribution < -0.4 is 5.32 Å². The van der Waals surface area contributed by atoms with Crippen LogP contribution in [0.15, 0.2) is 6.07 Å². The first-order valence-electron chi connectivity index (χ1n) is 7.98. The molecule has 0 aromatic carbocycles. The van der Waals surface area contributed by atoms with E-state index in [2.05, 4.69) is 22.2 Å². The summed E-state index contributed by atoms with van der Waals surface area (Å²) in [6.07, 6.45) is 3.03. The Bertz CT molecular complexity index is 499. The van der Waals surface area contributed by atoms with Gasteiger partial charge in [-0.2, -0.15) is 0 Å². The van der Waals surface area contributed by atoms with E-state index in [9.17, 15) is 4.79 Å². The summed E-state index contributed by atoms with van der Waals surface area (Å²) in [6.45, 7) is 7.15. The van der Waals surface area contributed by atoms with Gasteiger partial charge < -0.3 is 15.0 Å². The van der Waals surface area contributed by atoms with Crippen molar-refractivity contribution < 1.29 is 9.53 Å². The summed E-state index contributed by atoms with van der Waals surface area (Å²) in [5.74, 6) is 2.04. The Morgan fingerprint density at radius 1 is 1.41 bits per heavy atom. The lowest BCUT2D eigenvalue weighted by atomic mass is 9.99. The second-order valence-corrected chi connectivity index (χ2v) is 5.93. The molecular weight excluding hydrogens is 280 g/mol. The van der Waals surface area contributed by atoms with Crippen molar-refractivity contribution in [3.05, 3.63) is 17.6 Å². The molecule has 0 unspecified atom stereocenters. The molecule has 1 amide bonds. The number of nitrogens with one attached hydrogen (secondary N) is 1. The van der Waals surface area contributed by atoms with E-state index in [1.165, 1.54) is 0 Å². The lowest BCUT2D eigenvalue weighted by molar-refractivity contribution is 0.0691. The van der Waals surface area contributed by atoms with Gasteiger partial charge in [0, 0.05) is 39.4 Å². The number of amides is 1. The number of carbonyl (C=O) groups is 1. The number of hydrogen-bond acceptors (Lipinski definition) is 5. The fourth-order valence-corrected chi connectivity index (χ4v) is 2.57. The highest BCUT2D eigenvalue weighted by molar-refractivity contribution is 5.93. The maximum absolute atomic E-state index is 12.6. The van der Waals surface area contributed by atoms with Crippen LogP contribution in [-0.4, -0.2) is 54.1 Å². The van der Waals surface area contributed by atoms with Gasteiger partial charge in [-0.1, -0.05) is 6.92 Å². The molecular formula is C16H26N4O2. The van der Waals surface area contributed by atoms with E-state index in [1.54, 1.807) is 13.2 Å². The van der Waals surface area contributed by atoms with Gasteiger partial charge >= 0.3 is 0 Å². The Labute approximate surface area is 132 Å². The van der Waals surface area contributed by atoms with Crippen molar-refractivity contribution in [2.45, 2.75) is 33.1 Å². The molecule has 0 spiro atoms. The maximum atomic E-state index is 12.6. The molecule has 2 heterocycles. The number of nitrogens with zero attached hydrogens (tertiary/aromatic N) is 3. The average Bonchev–Trinajstić information content (AvgIpc) is 2.51. The molecule has 122 valence electrons. The van der Waals surface area contributed by atoms with Crippen molar-refractivity contribution in [1.82, 2.24) is 14.9 Å². The van der Waals surface area contributed by atoms with E-state index in [1.807, 2.05) is 11.8 Å². The van der Waals surface area contributed by atoms with E-state index in [-0.39, 0.29) is 5.91 Å². The predicted octanol–water partition coefficient (Wildman–Crippen LogP) is 2.11. The Hall–Kier alpha value is -1.69. The Kier molecular flexibility index (Phi) is 6.12. The highest BCUT2D eigenvalue weighted by Gasteiger charge is 2.23. The van der Waals surface area contributed by atoms with Crippen LogP contribution in [0.4, 0.5) is 5.82 Å². The lowest BCUT2D eigenvalue weighted by Gasteiger charge is -2.30. The minimum absolute atomic E-state index is 0.0114. The van der Waals surface area contributed by atoms with Gasteiger partial charge in [0.2, 0.25) is 0 Å². The third kappa shape index (κ3) is 4.66. The highest BCUT2D eigenvalue weighted by Crippen LogP contribution is 2.18. The number of methoxy groups -OCH3 is 1. The molecule has 6 nitrogen and oxygen atoms in total. The monoisotopic (exact) mass is 306 g/mol. The Morgan fingerprint density at radius 2 is 2.14 bits per heavy atom. The van der Waals surface area contributed by atoms with Crippen LogP contribution in [-0.2, 0) is 4.74 Å². The molecule has 22 heavy (non-hydrogen) atoms. The lowest BCUT2D eigenvalue weighted by Crippen LogP contribution is -2.38. The van der Waals surface area contributed by atoms with E-state index in [4.69, 9.17) is 4.74 Å². The van der Waals surface area contributed by atoms with Crippen molar-refractivity contribution in [2.75, 3.05) is 38.7 Å². The van der Waals surface area contributed by atoms with Gasteiger partial charge in [0.05, 0.1) is 0 Å². The predicted molar refractivity (Wildman–Crippen MR) is 86.1 cm³/mol. The van der Waals surface area contributed by atoms with Crippen LogP contribution in [0.1, 0.15) is 42.5 Å². The van der Waals surface area contributed by atoms with E-state index < -0.39 is 0 Å². The van der Waals surface area contributed by atoms with Crippen LogP contribution in [0.2, 0.25) is 0 Å². The molecule has 1 N–H and O–H groups in total. The summed E-state index contributed by atoms with van der Waals surface area (Å²) in [5.41, 5.74) is 0.483. The largest absolute Gasteiger partial charge is 0.385 e. The third-order valence-electron chi connectivity index (χ3n) is 3.96. The molecule has 1 saturated heterocycles. The first kappa shape index (κ1) is 16.7. The molecule has 0 bridgehead atoms. The minimum Gasteiger partial charge on any atom is -0.385 e. The van der Waals surface area contributed by atoms with Crippen LogP contribution >= 0.6 is 0 Å². The van der Waals surface area contributed by atoms with E-state index in [0.29, 0.717) is 29.9 Å². The quantitative estimate of drug-likeness (QED) is 0.815. The number of ether oxygens (including phenoxy) is 1. The van der Waals surface area contributed by atoms with Crippen molar-refractivity contribution in [3.63, 3.8) is 0 Å². The number of aryl methyl sites for hydroxylation is 1. The van der Waals surface area contributed by atoms with Gasteiger partial charge in [-0.05, 0) is 32.1 Å². The minimum atomic E-state index is 0.0114. The maximum Gasteiger partial charge on any atom is 0.272 e. The first-order chi connectivity index (χ1) is 10.6. The Balaban J connectivity index is 2.00. The number of hydrogen-bond donors (Lipinski definition) is 1. The van der Waals surface area contributed by atoms with Crippen molar-refractivity contribution in [3.8, 4) is 0 Å². The van der Waals surface area contributed by atoms with Crippen molar-refractivity contribution >= 4 is 11.7 Å². The van der Waals surface area contributed by atoms with Crippen LogP contribution in [0, 0.1) is 12.8 Å². The zero-order valence-corrected chi connectivity index (χ0v) is 13.8. The summed E-state index contributed by atoms with van der Waals surface area (Å²) >= 11 is 0. The normalized spacial score (nSPS) is 15.9. The van der Waals surface area contributed by atoms with Gasteiger partial charge in [-0.15, -0.1) is 0 Å². The standard InChI is InChI=1S/C16H26N4O2/c1-12-5-8-20(9-6-12)16(21)14-11-15(19-13(2)18-14)17-7-4-10-22-3/h11-12H,4-10H2,1-3H3,(H,17,18,19). The molecule has 1 aromatic rings. The highest BCUT2D eigenvalue weighted by atomic mass is 16.5. The van der Waals surface area contributed by atoms with Crippen molar-refractivity contribution in [1.29, 1.82) is 0 Å². The van der Waals surface area contributed by atoms with E-state index >= 15 is 0 Å². The Morgan fingerprint density at radius 3 is 2.82 bits per heavy atom. The summed E-state index contributed by atoms with van der Waals surface area (Å²) in [5, 5.41) is 3.22. The summed E-state index contributed by atoms with van der Waals surface area (Å²) in [7, 11) is 1.69. The van der Waals surface area contributed by atoms with Gasteiger partial charge in [0.15, 0.2) is 0 Å². The molecule has 0 atom stereocenters. The molecule has 1 aliphatic rings. The molecule has 6 heteroatoms. The molecule has 0 radical (unpaired) electrons. The topological polar surface area (TPSA) is 67.3 Å². The first-order valence-corrected chi connectivity index (χ1v) is 7.98. The fraction of sp³-hybridized carbons (Fsp3) is 0.688. The molecule has 0 aliphatic carbocycles. The van der Waals surface area contributed by atoms with E-state index in [0.717, 1.165) is 38.9 Å². The van der Waals surface area contributed by atoms with Crippen molar-refractivity contribution in [2.24, 2.45) is 5.92 Å². The zero-order chi connectivity index (χ0) is 15.9. The summed E-state index contributed by atoms with van der Waals surface area (Å²) < 4.78 is 5.02. The van der Waals surface area contributed by atoms with Gasteiger partial charge in [0.1, 0.15) is 17.3 Å². The number of piperidine rings is 1. The molecule has 0 saturated carbocycles. The zero-order valence-electron chi connectivity index (χ0n) is 13.8. The number of carbonyl (C=O) groups excluding carboxylic acids is 1.